The Labute approximate surface area is 356 Å². The van der Waals surface area contributed by atoms with Gasteiger partial charge in [0.2, 0.25) is 0 Å². The molecule has 0 unspecified atom stereocenters. The van der Waals surface area contributed by atoms with Gasteiger partial charge in [0.05, 0.1) is 27.8 Å². The number of benzene rings is 10. The van der Waals surface area contributed by atoms with Crippen molar-refractivity contribution in [2.75, 3.05) is 0 Å². The van der Waals surface area contributed by atoms with E-state index < -0.39 is 0 Å². The van der Waals surface area contributed by atoms with Gasteiger partial charge in [-0.1, -0.05) is 158 Å². The van der Waals surface area contributed by atoms with Crippen LogP contribution >= 0.6 is 0 Å². The summed E-state index contributed by atoms with van der Waals surface area (Å²) in [6.45, 7) is 0. The summed E-state index contributed by atoms with van der Waals surface area (Å²) >= 11 is 0. The molecule has 0 N–H and O–H groups in total. The SMILES string of the molecule is c1ccc(-n2c3ccccc3c3cccc(-c4nc(-c5cccc6ccccc56)nc(-c5ccc(-n6c7ccccc7c7cc8ccccc8cc76)c6ccccc56)n4)c32)cc1. The van der Waals surface area contributed by atoms with Gasteiger partial charge in [-0.2, -0.15) is 0 Å². The molecule has 0 spiro atoms. The van der Waals surface area contributed by atoms with Crippen LogP contribution in [-0.4, -0.2) is 24.1 Å². The van der Waals surface area contributed by atoms with Gasteiger partial charge in [-0.05, 0) is 81.5 Å². The monoisotopic (exact) mass is 789 g/mol. The quantitative estimate of drug-likeness (QED) is 0.174. The summed E-state index contributed by atoms with van der Waals surface area (Å²) in [6, 6.07) is 75.6. The Bertz CT molecular complexity index is 3930. The molecule has 5 heteroatoms. The Morgan fingerprint density at radius 2 is 0.774 bits per heavy atom. The molecule has 0 saturated heterocycles. The van der Waals surface area contributed by atoms with Gasteiger partial charge in [0.15, 0.2) is 17.5 Å². The van der Waals surface area contributed by atoms with Crippen LogP contribution in [0.25, 0.3) is 121 Å². The summed E-state index contributed by atoms with van der Waals surface area (Å²) in [5.74, 6) is 1.86. The first kappa shape index (κ1) is 34.5. The van der Waals surface area contributed by atoms with Crippen LogP contribution in [0.4, 0.5) is 0 Å². The van der Waals surface area contributed by atoms with Crippen molar-refractivity contribution in [1.82, 2.24) is 24.1 Å². The number of hydrogen-bond acceptors (Lipinski definition) is 3. The molecule has 288 valence electrons. The highest BCUT2D eigenvalue weighted by Crippen LogP contribution is 2.41. The predicted molar refractivity (Wildman–Crippen MR) is 257 cm³/mol. The minimum absolute atomic E-state index is 0.617. The predicted octanol–water partition coefficient (Wildman–Crippen LogP) is 14.5. The molecule has 0 aliphatic rings. The fourth-order valence-corrected chi connectivity index (χ4v) is 9.79. The highest BCUT2D eigenvalue weighted by molar-refractivity contribution is 6.16. The fourth-order valence-electron chi connectivity index (χ4n) is 9.79. The van der Waals surface area contributed by atoms with Crippen LogP contribution in [0.5, 0.6) is 0 Å². The van der Waals surface area contributed by atoms with Gasteiger partial charge in [0.1, 0.15) is 0 Å². The van der Waals surface area contributed by atoms with E-state index in [1.165, 1.54) is 38.0 Å². The largest absolute Gasteiger partial charge is 0.309 e. The lowest BCUT2D eigenvalue weighted by molar-refractivity contribution is 1.08. The molecule has 0 bridgehead atoms. The van der Waals surface area contributed by atoms with Crippen LogP contribution in [0.1, 0.15) is 0 Å². The molecule has 3 heterocycles. The Morgan fingerprint density at radius 3 is 1.53 bits per heavy atom. The molecule has 0 amide bonds. The summed E-state index contributed by atoms with van der Waals surface area (Å²) in [7, 11) is 0. The van der Waals surface area contributed by atoms with Gasteiger partial charge in [-0.25, -0.2) is 15.0 Å². The second-order valence-electron chi connectivity index (χ2n) is 16.0. The molecule has 13 rings (SSSR count). The van der Waals surface area contributed by atoms with Crippen LogP contribution < -0.4 is 0 Å². The number of rotatable bonds is 5. The van der Waals surface area contributed by atoms with E-state index >= 15 is 0 Å². The number of nitrogens with zero attached hydrogens (tertiary/aromatic N) is 5. The van der Waals surface area contributed by atoms with Crippen molar-refractivity contribution >= 4 is 75.9 Å². The Kier molecular flexibility index (Phi) is 7.54. The molecule has 0 saturated carbocycles. The van der Waals surface area contributed by atoms with Crippen LogP contribution in [0.2, 0.25) is 0 Å². The standard InChI is InChI=1S/C57H35N5/c1-2-20-39(21-3-1)61-50-30-12-10-25-43(50)45-27-15-29-48(54(45)61)57-59-55(46-28-14-19-36-16-6-7-22-40(36)46)58-56(60-57)47-32-33-52(42-24-9-8-23-41(42)47)62-51-31-13-11-26-44(51)49-34-37-17-4-5-18-38(37)35-53(49)62/h1-35H. The normalized spacial score (nSPS) is 11.9. The van der Waals surface area contributed by atoms with Crippen molar-refractivity contribution in [3.8, 4) is 45.5 Å². The molecule has 10 aromatic carbocycles. The van der Waals surface area contributed by atoms with Crippen molar-refractivity contribution in [3.05, 3.63) is 212 Å². The molecule has 5 nitrogen and oxygen atoms in total. The number of hydrogen-bond donors (Lipinski definition) is 0. The van der Waals surface area contributed by atoms with E-state index in [0.717, 1.165) is 66.0 Å². The highest BCUT2D eigenvalue weighted by Gasteiger charge is 2.22. The summed E-state index contributed by atoms with van der Waals surface area (Å²) in [5.41, 5.74) is 9.54. The van der Waals surface area contributed by atoms with Crippen LogP contribution in [0.3, 0.4) is 0 Å². The Balaban J connectivity index is 1.10. The average molecular weight is 790 g/mol. The summed E-state index contributed by atoms with van der Waals surface area (Å²) < 4.78 is 4.77. The second kappa shape index (κ2) is 13.6. The fraction of sp³-hybridized carbons (Fsp3) is 0. The molecule has 13 aromatic rings. The summed E-state index contributed by atoms with van der Waals surface area (Å²) in [4.78, 5) is 16.3. The molecule has 0 aliphatic heterocycles. The van der Waals surface area contributed by atoms with Gasteiger partial charge < -0.3 is 9.13 Å². The van der Waals surface area contributed by atoms with Crippen LogP contribution in [-0.2, 0) is 0 Å². The maximum absolute atomic E-state index is 5.47. The van der Waals surface area contributed by atoms with E-state index in [0.29, 0.717) is 17.5 Å². The Morgan fingerprint density at radius 1 is 0.274 bits per heavy atom. The molecular formula is C57H35N5. The third-order valence-corrected chi connectivity index (χ3v) is 12.5. The Hall–Kier alpha value is -8.41. The molecule has 3 aromatic heterocycles. The van der Waals surface area contributed by atoms with Crippen LogP contribution in [0.15, 0.2) is 212 Å². The zero-order valence-corrected chi connectivity index (χ0v) is 33.4. The van der Waals surface area contributed by atoms with Crippen molar-refractivity contribution in [2.24, 2.45) is 0 Å². The summed E-state index contributed by atoms with van der Waals surface area (Å²) in [6.07, 6.45) is 0. The molecule has 0 fully saturated rings. The molecule has 0 aliphatic carbocycles. The lowest BCUT2D eigenvalue weighted by Crippen LogP contribution is -2.03. The number of para-hydroxylation sites is 4. The van der Waals surface area contributed by atoms with Crippen molar-refractivity contribution < 1.29 is 0 Å². The minimum atomic E-state index is 0.617. The smallest absolute Gasteiger partial charge is 0.166 e. The van der Waals surface area contributed by atoms with Gasteiger partial charge in [0.25, 0.3) is 0 Å². The summed E-state index contributed by atoms with van der Waals surface area (Å²) in [5, 5.41) is 11.6. The minimum Gasteiger partial charge on any atom is -0.309 e. The third kappa shape index (κ3) is 5.18. The highest BCUT2D eigenvalue weighted by atomic mass is 15.1. The van der Waals surface area contributed by atoms with E-state index in [-0.39, 0.29) is 0 Å². The van der Waals surface area contributed by atoms with E-state index in [1.807, 2.05) is 0 Å². The van der Waals surface area contributed by atoms with Crippen molar-refractivity contribution in [3.63, 3.8) is 0 Å². The van der Waals surface area contributed by atoms with Crippen LogP contribution in [0, 0.1) is 0 Å². The first-order valence-corrected chi connectivity index (χ1v) is 21.0. The molecule has 62 heavy (non-hydrogen) atoms. The molecule has 0 atom stereocenters. The number of fused-ring (bicyclic) bond motifs is 9. The first-order valence-electron chi connectivity index (χ1n) is 21.0. The lowest BCUT2D eigenvalue weighted by Gasteiger charge is -2.16. The second-order valence-corrected chi connectivity index (χ2v) is 16.0. The molecule has 0 radical (unpaired) electrons. The zero-order chi connectivity index (χ0) is 40.7. The van der Waals surface area contributed by atoms with Gasteiger partial charge in [-0.3, -0.25) is 0 Å². The van der Waals surface area contributed by atoms with E-state index in [4.69, 9.17) is 15.0 Å². The average Bonchev–Trinajstić information content (AvgIpc) is 3.85. The lowest BCUT2D eigenvalue weighted by atomic mass is 10.0. The van der Waals surface area contributed by atoms with Gasteiger partial charge >= 0.3 is 0 Å². The first-order chi connectivity index (χ1) is 30.8. The molecular weight excluding hydrogens is 755 g/mol. The maximum Gasteiger partial charge on any atom is 0.166 e. The third-order valence-electron chi connectivity index (χ3n) is 12.5. The topological polar surface area (TPSA) is 48.5 Å². The van der Waals surface area contributed by atoms with Gasteiger partial charge in [-0.15, -0.1) is 0 Å². The maximum atomic E-state index is 5.47. The number of aromatic nitrogens is 5. The van der Waals surface area contributed by atoms with E-state index in [1.54, 1.807) is 0 Å². The van der Waals surface area contributed by atoms with E-state index in [9.17, 15) is 0 Å². The van der Waals surface area contributed by atoms with Crippen molar-refractivity contribution in [2.45, 2.75) is 0 Å². The van der Waals surface area contributed by atoms with E-state index in [2.05, 4.69) is 221 Å². The van der Waals surface area contributed by atoms with Crippen molar-refractivity contribution in [1.29, 1.82) is 0 Å². The van der Waals surface area contributed by atoms with Gasteiger partial charge in [0, 0.05) is 49.3 Å². The zero-order valence-electron chi connectivity index (χ0n) is 33.4.